The molecule has 1 aliphatic heterocycles. The van der Waals surface area contributed by atoms with Gasteiger partial charge < -0.3 is 14.6 Å². The number of aliphatic hydroxyl groups is 1. The third kappa shape index (κ3) is 1.29. The molecule has 74 valence electrons. The van der Waals surface area contributed by atoms with Gasteiger partial charge in [-0.25, -0.2) is 4.79 Å². The van der Waals surface area contributed by atoms with Crippen LogP contribution in [0.15, 0.2) is 24.3 Å². The van der Waals surface area contributed by atoms with Gasteiger partial charge in [-0.3, -0.25) is 0 Å². The van der Waals surface area contributed by atoms with Crippen LogP contribution in [0.3, 0.4) is 0 Å². The van der Waals surface area contributed by atoms with E-state index in [-0.39, 0.29) is 0 Å². The minimum Gasteiger partial charge on any atom is -0.467 e. The third-order valence-corrected chi connectivity index (χ3v) is 2.22. The van der Waals surface area contributed by atoms with Crippen LogP contribution >= 0.6 is 0 Å². The Morgan fingerprint density at radius 1 is 1.43 bits per heavy atom. The number of aliphatic hydroxyl groups excluding tert-OH is 1. The molecule has 0 spiro atoms. The van der Waals surface area contributed by atoms with E-state index < -0.39 is 18.4 Å². The van der Waals surface area contributed by atoms with Gasteiger partial charge in [0.25, 0.3) is 0 Å². The number of hydrogen-bond donors (Lipinski definition) is 1. The fraction of sp³-hybridized carbons (Fsp3) is 0.300. The summed E-state index contributed by atoms with van der Waals surface area (Å²) >= 11 is 0. The third-order valence-electron chi connectivity index (χ3n) is 2.22. The number of esters is 1. The molecule has 0 aromatic heterocycles. The summed E-state index contributed by atoms with van der Waals surface area (Å²) in [7, 11) is 1.29. The van der Waals surface area contributed by atoms with Crippen molar-refractivity contribution in [3.8, 4) is 0 Å². The predicted molar refractivity (Wildman–Crippen MR) is 47.2 cm³/mol. The summed E-state index contributed by atoms with van der Waals surface area (Å²) in [6.07, 6.45) is -1.83. The molecule has 0 saturated carbocycles. The van der Waals surface area contributed by atoms with E-state index in [1.54, 1.807) is 24.3 Å². The molecule has 1 heterocycles. The van der Waals surface area contributed by atoms with Gasteiger partial charge in [0.1, 0.15) is 0 Å². The largest absolute Gasteiger partial charge is 0.467 e. The van der Waals surface area contributed by atoms with Crippen LogP contribution in [0.1, 0.15) is 23.5 Å². The zero-order chi connectivity index (χ0) is 10.1. The van der Waals surface area contributed by atoms with Crippen molar-refractivity contribution >= 4 is 5.97 Å². The first-order chi connectivity index (χ1) is 6.74. The molecular weight excluding hydrogens is 184 g/mol. The zero-order valence-electron chi connectivity index (χ0n) is 7.64. The second-order valence-corrected chi connectivity index (χ2v) is 3.02. The van der Waals surface area contributed by atoms with Crippen molar-refractivity contribution in [1.29, 1.82) is 0 Å². The van der Waals surface area contributed by atoms with E-state index in [1.165, 1.54) is 7.11 Å². The minimum atomic E-state index is -1.03. The Kier molecular flexibility index (Phi) is 2.23. The fourth-order valence-electron chi connectivity index (χ4n) is 1.54. The lowest BCUT2D eigenvalue weighted by Crippen LogP contribution is -2.13. The summed E-state index contributed by atoms with van der Waals surface area (Å²) in [6, 6.07) is 7.04. The summed E-state index contributed by atoms with van der Waals surface area (Å²) in [4.78, 5) is 11.3. The van der Waals surface area contributed by atoms with Crippen molar-refractivity contribution in [3.05, 3.63) is 35.4 Å². The molecular formula is C10H10O4. The molecule has 0 amide bonds. The molecule has 14 heavy (non-hydrogen) atoms. The van der Waals surface area contributed by atoms with Crippen molar-refractivity contribution in [2.75, 3.05) is 7.11 Å². The van der Waals surface area contributed by atoms with Crippen LogP contribution in [0.2, 0.25) is 0 Å². The molecule has 0 bridgehead atoms. The van der Waals surface area contributed by atoms with Crippen molar-refractivity contribution in [1.82, 2.24) is 0 Å². The number of fused-ring (bicyclic) bond motifs is 1. The molecule has 0 fully saturated rings. The summed E-state index contributed by atoms with van der Waals surface area (Å²) in [6.45, 7) is 0. The van der Waals surface area contributed by atoms with Crippen LogP contribution in [0.25, 0.3) is 0 Å². The van der Waals surface area contributed by atoms with E-state index in [0.717, 1.165) is 0 Å². The van der Waals surface area contributed by atoms with Crippen LogP contribution in [0, 0.1) is 0 Å². The van der Waals surface area contributed by atoms with Gasteiger partial charge in [-0.2, -0.15) is 0 Å². The van der Waals surface area contributed by atoms with Gasteiger partial charge in [-0.15, -0.1) is 0 Å². The van der Waals surface area contributed by atoms with E-state index >= 15 is 0 Å². The van der Waals surface area contributed by atoms with E-state index in [1.807, 2.05) is 0 Å². The van der Waals surface area contributed by atoms with Crippen LogP contribution in [0.4, 0.5) is 0 Å². The topological polar surface area (TPSA) is 55.8 Å². The summed E-state index contributed by atoms with van der Waals surface area (Å²) in [5.74, 6) is -0.492. The Morgan fingerprint density at radius 3 is 2.71 bits per heavy atom. The molecule has 0 saturated heterocycles. The smallest absolute Gasteiger partial charge is 0.339 e. The Morgan fingerprint density at radius 2 is 2.07 bits per heavy atom. The zero-order valence-corrected chi connectivity index (χ0v) is 7.64. The van der Waals surface area contributed by atoms with E-state index in [9.17, 15) is 9.90 Å². The van der Waals surface area contributed by atoms with Crippen LogP contribution < -0.4 is 0 Å². The summed E-state index contributed by atoms with van der Waals surface area (Å²) in [5, 5.41) is 9.47. The first-order valence-corrected chi connectivity index (χ1v) is 4.24. The molecule has 1 aromatic carbocycles. The molecule has 2 atom stereocenters. The number of hydrogen-bond acceptors (Lipinski definition) is 4. The highest BCUT2D eigenvalue weighted by Crippen LogP contribution is 2.37. The average molecular weight is 194 g/mol. The highest BCUT2D eigenvalue weighted by Gasteiger charge is 2.35. The van der Waals surface area contributed by atoms with Gasteiger partial charge in [0, 0.05) is 11.1 Å². The highest BCUT2D eigenvalue weighted by atomic mass is 16.6. The number of carbonyl (C=O) groups is 1. The molecule has 0 radical (unpaired) electrons. The standard InChI is InChI=1S/C10H10O4/c1-13-10(12)8-6-4-2-3-5-7(6)9(11)14-8/h2-5,8-9,11H,1H3. The number of carbonyl (C=O) groups excluding carboxylic acids is 1. The lowest BCUT2D eigenvalue weighted by molar-refractivity contribution is -0.172. The molecule has 4 heteroatoms. The van der Waals surface area contributed by atoms with Gasteiger partial charge in [0.15, 0.2) is 12.4 Å². The van der Waals surface area contributed by atoms with Crippen molar-refractivity contribution < 1.29 is 19.4 Å². The molecule has 0 aliphatic carbocycles. The van der Waals surface area contributed by atoms with Gasteiger partial charge in [0.2, 0.25) is 0 Å². The quantitative estimate of drug-likeness (QED) is 0.675. The highest BCUT2D eigenvalue weighted by molar-refractivity contribution is 5.77. The minimum absolute atomic E-state index is 0.492. The monoisotopic (exact) mass is 194 g/mol. The van der Waals surface area contributed by atoms with E-state index in [4.69, 9.17) is 4.74 Å². The Balaban J connectivity index is 2.39. The Hall–Kier alpha value is -1.39. The van der Waals surface area contributed by atoms with Crippen molar-refractivity contribution in [3.63, 3.8) is 0 Å². The molecule has 1 N–H and O–H groups in total. The van der Waals surface area contributed by atoms with Crippen molar-refractivity contribution in [2.24, 2.45) is 0 Å². The summed E-state index contributed by atoms with van der Waals surface area (Å²) < 4.78 is 9.63. The molecule has 1 aromatic rings. The SMILES string of the molecule is COC(=O)C1OC(O)c2ccccc21. The van der Waals surface area contributed by atoms with Crippen LogP contribution in [-0.2, 0) is 14.3 Å². The predicted octanol–water partition coefficient (Wildman–Crippen LogP) is 0.922. The lowest BCUT2D eigenvalue weighted by atomic mass is 10.1. The molecule has 2 rings (SSSR count). The second-order valence-electron chi connectivity index (χ2n) is 3.02. The second kappa shape index (κ2) is 3.40. The first-order valence-electron chi connectivity index (χ1n) is 4.24. The van der Waals surface area contributed by atoms with E-state index in [0.29, 0.717) is 11.1 Å². The maximum atomic E-state index is 11.3. The number of ether oxygens (including phenoxy) is 2. The van der Waals surface area contributed by atoms with Gasteiger partial charge >= 0.3 is 5.97 Å². The summed E-state index contributed by atoms with van der Waals surface area (Å²) in [5.41, 5.74) is 1.30. The Labute approximate surface area is 81.1 Å². The lowest BCUT2D eigenvalue weighted by Gasteiger charge is -2.07. The van der Waals surface area contributed by atoms with Crippen LogP contribution in [-0.4, -0.2) is 18.2 Å². The van der Waals surface area contributed by atoms with Crippen LogP contribution in [0.5, 0.6) is 0 Å². The molecule has 4 nitrogen and oxygen atoms in total. The Bertz CT molecular complexity index is 361. The fourth-order valence-corrected chi connectivity index (χ4v) is 1.54. The number of methoxy groups -OCH3 is 1. The maximum absolute atomic E-state index is 11.3. The van der Waals surface area contributed by atoms with Crippen molar-refractivity contribution in [2.45, 2.75) is 12.4 Å². The normalized spacial score (nSPS) is 24.4. The van der Waals surface area contributed by atoms with Gasteiger partial charge in [-0.1, -0.05) is 24.3 Å². The molecule has 2 unspecified atom stereocenters. The molecule has 1 aliphatic rings. The van der Waals surface area contributed by atoms with Gasteiger partial charge in [0.05, 0.1) is 7.11 Å². The van der Waals surface area contributed by atoms with E-state index in [2.05, 4.69) is 4.74 Å². The first kappa shape index (κ1) is 9.18. The van der Waals surface area contributed by atoms with Gasteiger partial charge in [-0.05, 0) is 0 Å². The number of rotatable bonds is 1. The average Bonchev–Trinajstić information content (AvgIpc) is 2.56. The number of benzene rings is 1. The maximum Gasteiger partial charge on any atom is 0.339 e.